The van der Waals surface area contributed by atoms with Crippen molar-refractivity contribution in [3.63, 3.8) is 0 Å². The predicted molar refractivity (Wildman–Crippen MR) is 74.3 cm³/mol. The molecule has 0 saturated carbocycles. The van der Waals surface area contributed by atoms with Crippen molar-refractivity contribution in [2.24, 2.45) is 0 Å². The molecule has 2 rings (SSSR count). The SMILES string of the molecule is O=C(O)c1ccccc1[O-].O=[N+]([O-])c1ccc(O)c([N+](=O)[O-])c1.[Na+]. The van der Waals surface area contributed by atoms with Gasteiger partial charge in [0.15, 0.2) is 5.75 Å². The Hall–Kier alpha value is -2.69. The Bertz CT molecular complexity index is 765. The Kier molecular flexibility index (Phi) is 8.39. The quantitative estimate of drug-likeness (QED) is 0.392. The number of para-hydroxylation sites is 1. The summed E-state index contributed by atoms with van der Waals surface area (Å²) in [6.07, 6.45) is 0. The van der Waals surface area contributed by atoms with Gasteiger partial charge in [-0.3, -0.25) is 20.2 Å². The van der Waals surface area contributed by atoms with Gasteiger partial charge < -0.3 is 15.3 Å². The number of non-ortho nitro benzene ring substituents is 1. The van der Waals surface area contributed by atoms with E-state index in [1.54, 1.807) is 0 Å². The summed E-state index contributed by atoms with van der Waals surface area (Å²) in [7, 11) is 0. The van der Waals surface area contributed by atoms with Crippen LogP contribution in [0.2, 0.25) is 0 Å². The molecule has 0 bridgehead atoms. The minimum atomic E-state index is -1.18. The standard InChI is InChI=1S/C7H6O3.C6H4N2O5.Na/c8-6-4-2-1-3-5(6)7(9)10;9-6-2-1-4(7(10)11)3-5(6)8(12)13;/h1-4,8H,(H,9,10);1-3,9H;/q;;+1/p-1. The van der Waals surface area contributed by atoms with Crippen molar-refractivity contribution < 1.29 is 59.5 Å². The zero-order valence-corrected chi connectivity index (χ0v) is 14.3. The molecule has 0 aliphatic rings. The number of phenolic OH excluding ortho intramolecular Hbond substituents is 1. The van der Waals surface area contributed by atoms with E-state index in [9.17, 15) is 30.1 Å². The molecule has 2 N–H and O–H groups in total. The van der Waals surface area contributed by atoms with Crippen LogP contribution in [-0.4, -0.2) is 26.0 Å². The van der Waals surface area contributed by atoms with Gasteiger partial charge in [0.2, 0.25) is 0 Å². The van der Waals surface area contributed by atoms with Gasteiger partial charge >= 0.3 is 41.2 Å². The summed E-state index contributed by atoms with van der Waals surface area (Å²) in [5.74, 6) is -2.21. The zero-order valence-electron chi connectivity index (χ0n) is 12.3. The minimum Gasteiger partial charge on any atom is -0.872 e. The number of hydrogen-bond acceptors (Lipinski definition) is 7. The molecule has 0 aliphatic heterocycles. The topological polar surface area (TPSA) is 167 Å². The first kappa shape index (κ1) is 21.3. The molecule has 11 heteroatoms. The molecule has 24 heavy (non-hydrogen) atoms. The van der Waals surface area contributed by atoms with Crippen LogP contribution in [0.4, 0.5) is 11.4 Å². The van der Waals surface area contributed by atoms with E-state index in [0.29, 0.717) is 6.07 Å². The molecule has 2 aromatic rings. The first-order chi connectivity index (χ1) is 10.7. The Morgan fingerprint density at radius 1 is 1.00 bits per heavy atom. The normalized spacial score (nSPS) is 9.00. The molecule has 0 amide bonds. The number of carboxylic acid groups (broad SMARTS) is 1. The summed E-state index contributed by atoms with van der Waals surface area (Å²) in [5, 5.41) is 48.4. The number of rotatable bonds is 3. The number of benzene rings is 2. The van der Waals surface area contributed by atoms with Crippen LogP contribution in [0.1, 0.15) is 10.4 Å². The Morgan fingerprint density at radius 2 is 1.58 bits per heavy atom. The Morgan fingerprint density at radius 3 is 2.00 bits per heavy atom. The van der Waals surface area contributed by atoms with Gasteiger partial charge in [-0.15, -0.1) is 0 Å². The first-order valence-corrected chi connectivity index (χ1v) is 5.85. The first-order valence-electron chi connectivity index (χ1n) is 5.85. The maximum atomic E-state index is 10.7. The number of nitro groups is 2. The monoisotopic (exact) mass is 344 g/mol. The van der Waals surface area contributed by atoms with Crippen molar-refractivity contribution in [3.05, 3.63) is 68.3 Å². The fraction of sp³-hybridized carbons (Fsp3) is 0. The van der Waals surface area contributed by atoms with Crippen molar-refractivity contribution in [1.82, 2.24) is 0 Å². The molecule has 0 unspecified atom stereocenters. The summed E-state index contributed by atoms with van der Waals surface area (Å²) in [6.45, 7) is 0. The number of carbonyl (C=O) groups is 1. The van der Waals surface area contributed by atoms with E-state index in [-0.39, 0.29) is 35.1 Å². The summed E-state index contributed by atoms with van der Waals surface area (Å²) < 4.78 is 0. The molecule has 0 radical (unpaired) electrons. The fourth-order valence-corrected chi connectivity index (χ4v) is 1.41. The largest absolute Gasteiger partial charge is 1.00 e. The van der Waals surface area contributed by atoms with Crippen LogP contribution in [0.25, 0.3) is 0 Å². The minimum absolute atomic E-state index is 0. The third kappa shape index (κ3) is 5.83. The van der Waals surface area contributed by atoms with Crippen LogP contribution in [0.3, 0.4) is 0 Å². The number of aromatic carboxylic acids is 1. The smallest absolute Gasteiger partial charge is 0.872 e. The molecule has 120 valence electrons. The number of nitrogens with zero attached hydrogens (tertiary/aromatic N) is 2. The average molecular weight is 344 g/mol. The maximum Gasteiger partial charge on any atom is 1.00 e. The van der Waals surface area contributed by atoms with Gasteiger partial charge in [0.25, 0.3) is 5.69 Å². The fourth-order valence-electron chi connectivity index (χ4n) is 1.41. The number of nitro benzene ring substituents is 2. The van der Waals surface area contributed by atoms with Gasteiger partial charge in [-0.05, 0) is 12.1 Å². The summed E-state index contributed by atoms with van der Waals surface area (Å²) in [6, 6.07) is 8.14. The van der Waals surface area contributed by atoms with Crippen molar-refractivity contribution in [2.45, 2.75) is 0 Å². The van der Waals surface area contributed by atoms with E-state index < -0.39 is 38.7 Å². The van der Waals surface area contributed by atoms with Crippen LogP contribution in [0.15, 0.2) is 42.5 Å². The van der Waals surface area contributed by atoms with Crippen LogP contribution in [-0.2, 0) is 0 Å². The van der Waals surface area contributed by atoms with Crippen molar-refractivity contribution in [2.75, 3.05) is 0 Å². The average Bonchev–Trinajstić information content (AvgIpc) is 2.48. The summed E-state index contributed by atoms with van der Waals surface area (Å²) in [5.41, 5.74) is -1.28. The molecular weight excluding hydrogens is 335 g/mol. The Balaban J connectivity index is 0.000000436. The van der Waals surface area contributed by atoms with E-state index in [2.05, 4.69) is 0 Å². The Labute approximate surface area is 156 Å². The van der Waals surface area contributed by atoms with E-state index in [1.807, 2.05) is 0 Å². The van der Waals surface area contributed by atoms with Crippen LogP contribution < -0.4 is 34.7 Å². The summed E-state index contributed by atoms with van der Waals surface area (Å²) >= 11 is 0. The number of carboxylic acids is 1. The number of aromatic hydroxyl groups is 1. The summed E-state index contributed by atoms with van der Waals surface area (Å²) in [4.78, 5) is 29.0. The molecular formula is C13H9N2NaO8. The van der Waals surface area contributed by atoms with Gasteiger partial charge in [-0.2, -0.15) is 0 Å². The molecule has 0 spiro atoms. The van der Waals surface area contributed by atoms with Gasteiger partial charge in [0, 0.05) is 6.07 Å². The molecule has 10 nitrogen and oxygen atoms in total. The molecule has 0 aromatic heterocycles. The third-order valence-corrected chi connectivity index (χ3v) is 2.48. The second-order valence-electron chi connectivity index (χ2n) is 3.99. The van der Waals surface area contributed by atoms with Crippen LogP contribution >= 0.6 is 0 Å². The second-order valence-corrected chi connectivity index (χ2v) is 3.99. The van der Waals surface area contributed by atoms with E-state index >= 15 is 0 Å². The maximum absolute atomic E-state index is 10.7. The molecule has 0 aliphatic carbocycles. The van der Waals surface area contributed by atoms with E-state index in [4.69, 9.17) is 10.2 Å². The molecule has 2 aromatic carbocycles. The predicted octanol–water partition coefficient (Wildman–Crippen LogP) is -1.33. The van der Waals surface area contributed by atoms with Gasteiger partial charge in [0.05, 0.1) is 21.5 Å². The van der Waals surface area contributed by atoms with Crippen LogP contribution in [0.5, 0.6) is 11.5 Å². The van der Waals surface area contributed by atoms with Gasteiger partial charge in [-0.1, -0.05) is 23.9 Å². The molecule has 0 atom stereocenters. The number of phenols is 1. The molecule has 0 fully saturated rings. The second kappa shape index (κ2) is 9.45. The van der Waals surface area contributed by atoms with Crippen molar-refractivity contribution in [3.8, 4) is 11.5 Å². The van der Waals surface area contributed by atoms with E-state index in [1.165, 1.54) is 24.3 Å². The van der Waals surface area contributed by atoms with Crippen molar-refractivity contribution >= 4 is 17.3 Å². The number of hydrogen-bond donors (Lipinski definition) is 2. The molecule has 0 saturated heterocycles. The van der Waals surface area contributed by atoms with Gasteiger partial charge in [0.1, 0.15) is 0 Å². The van der Waals surface area contributed by atoms with E-state index in [0.717, 1.165) is 12.1 Å². The van der Waals surface area contributed by atoms with Crippen molar-refractivity contribution in [1.29, 1.82) is 0 Å². The van der Waals surface area contributed by atoms with Crippen LogP contribution in [0, 0.1) is 20.2 Å². The molecule has 0 heterocycles. The zero-order chi connectivity index (χ0) is 17.6. The third-order valence-electron chi connectivity index (χ3n) is 2.48. The van der Waals surface area contributed by atoms with Gasteiger partial charge in [-0.25, -0.2) is 4.79 Å².